The lowest BCUT2D eigenvalue weighted by molar-refractivity contribution is -0.140. The van der Waals surface area contributed by atoms with Gasteiger partial charge in [0, 0.05) is 29.6 Å². The van der Waals surface area contributed by atoms with E-state index in [4.69, 9.17) is 37.4 Å². The Hall–Kier alpha value is -4.20. The molecule has 224 valence electrons. The predicted octanol–water partition coefficient (Wildman–Crippen LogP) is 6.52. The first-order chi connectivity index (χ1) is 20.8. The average Bonchev–Trinajstić information content (AvgIpc) is 3.02. The second kappa shape index (κ2) is 15.3. The van der Waals surface area contributed by atoms with Gasteiger partial charge in [0.05, 0.1) is 27.8 Å². The molecular formula is C34H34Cl2N2O5. The first-order valence-corrected chi connectivity index (χ1v) is 14.5. The molecule has 1 unspecified atom stereocenters. The molecule has 0 aliphatic rings. The Morgan fingerprint density at radius 2 is 1.47 bits per heavy atom. The summed E-state index contributed by atoms with van der Waals surface area (Å²) in [6.07, 6.45) is 0.368. The minimum Gasteiger partial charge on any atom is -0.497 e. The minimum absolute atomic E-state index is 0.0537. The lowest BCUT2D eigenvalue weighted by Gasteiger charge is -2.32. The van der Waals surface area contributed by atoms with Crippen molar-refractivity contribution in [2.24, 2.45) is 0 Å². The fraction of sp³-hybridized carbons (Fsp3) is 0.235. The van der Waals surface area contributed by atoms with E-state index in [-0.39, 0.29) is 31.3 Å². The van der Waals surface area contributed by atoms with E-state index >= 15 is 0 Å². The second-order valence-corrected chi connectivity index (χ2v) is 10.7. The third kappa shape index (κ3) is 8.66. The zero-order valence-corrected chi connectivity index (χ0v) is 25.8. The third-order valence-electron chi connectivity index (χ3n) is 7.05. The summed E-state index contributed by atoms with van der Waals surface area (Å²) in [5, 5.41) is 3.96. The molecule has 0 saturated carbocycles. The number of hydrogen-bond acceptors (Lipinski definition) is 5. The summed E-state index contributed by atoms with van der Waals surface area (Å²) in [7, 11) is 4.71. The molecule has 4 aromatic rings. The number of halogens is 2. The number of methoxy groups -OCH3 is 3. The number of amides is 2. The Bertz CT molecular complexity index is 1530. The fourth-order valence-corrected chi connectivity index (χ4v) is 5.19. The van der Waals surface area contributed by atoms with Crippen molar-refractivity contribution in [3.63, 3.8) is 0 Å². The first kappa shape index (κ1) is 31.7. The Morgan fingerprint density at radius 3 is 2.12 bits per heavy atom. The average molecular weight is 622 g/mol. The highest BCUT2D eigenvalue weighted by Gasteiger charge is 2.30. The van der Waals surface area contributed by atoms with Crippen LogP contribution in [0.15, 0.2) is 91.0 Å². The van der Waals surface area contributed by atoms with E-state index in [1.165, 1.54) is 0 Å². The number of rotatable bonds is 13. The molecule has 7 nitrogen and oxygen atoms in total. The van der Waals surface area contributed by atoms with E-state index in [9.17, 15) is 9.59 Å². The van der Waals surface area contributed by atoms with Gasteiger partial charge >= 0.3 is 0 Å². The molecule has 0 heterocycles. The van der Waals surface area contributed by atoms with Gasteiger partial charge in [-0.3, -0.25) is 9.59 Å². The molecule has 0 spiro atoms. The van der Waals surface area contributed by atoms with Crippen molar-refractivity contribution in [3.8, 4) is 17.2 Å². The third-order valence-corrected chi connectivity index (χ3v) is 7.64. The van der Waals surface area contributed by atoms with Crippen LogP contribution in [-0.4, -0.2) is 44.1 Å². The number of carbonyl (C=O) groups excluding carboxylic acids is 2. The van der Waals surface area contributed by atoms with E-state index in [0.29, 0.717) is 33.7 Å². The van der Waals surface area contributed by atoms with E-state index in [2.05, 4.69) is 5.32 Å². The van der Waals surface area contributed by atoms with Gasteiger partial charge in [0.1, 0.15) is 11.8 Å². The second-order valence-electron chi connectivity index (χ2n) is 9.89. The van der Waals surface area contributed by atoms with Crippen LogP contribution in [0.1, 0.15) is 22.3 Å². The van der Waals surface area contributed by atoms with E-state index in [1.807, 2.05) is 60.7 Å². The van der Waals surface area contributed by atoms with Crippen molar-refractivity contribution in [3.05, 3.63) is 123 Å². The van der Waals surface area contributed by atoms with Crippen molar-refractivity contribution in [2.75, 3.05) is 21.3 Å². The lowest BCUT2D eigenvalue weighted by Crippen LogP contribution is -2.50. The van der Waals surface area contributed by atoms with E-state index < -0.39 is 6.04 Å². The molecule has 0 saturated heterocycles. The standard InChI is InChI=1S/C34H34Cl2N2O5/c1-41-28-14-9-24(10-15-28)22-38(33(39)19-25-11-16-31(42-2)32(18-25)43-3)30(17-23-7-5-4-6-8-23)34(40)37-21-26-12-13-27(35)20-29(26)36/h4-16,18,20,30H,17,19,21-22H2,1-3H3,(H,37,40). The number of hydrogen-bond donors (Lipinski definition) is 1. The number of nitrogens with one attached hydrogen (secondary N) is 1. The molecule has 4 rings (SSSR count). The summed E-state index contributed by atoms with van der Waals surface area (Å²) in [5.41, 5.74) is 3.23. The SMILES string of the molecule is COc1ccc(CN(C(=O)Cc2ccc(OC)c(OC)c2)C(Cc2ccccc2)C(=O)NCc2ccc(Cl)cc2Cl)cc1. The Kier molecular flexibility index (Phi) is 11.3. The molecule has 43 heavy (non-hydrogen) atoms. The molecule has 9 heteroatoms. The molecule has 0 aromatic heterocycles. The van der Waals surface area contributed by atoms with Gasteiger partial charge in [0.15, 0.2) is 11.5 Å². The highest BCUT2D eigenvalue weighted by Crippen LogP contribution is 2.28. The van der Waals surface area contributed by atoms with Gasteiger partial charge in [-0.05, 0) is 58.7 Å². The normalized spacial score (nSPS) is 11.4. The zero-order chi connectivity index (χ0) is 30.8. The van der Waals surface area contributed by atoms with Crippen molar-refractivity contribution < 1.29 is 23.8 Å². The first-order valence-electron chi connectivity index (χ1n) is 13.7. The Balaban J connectivity index is 1.68. The summed E-state index contributed by atoms with van der Waals surface area (Å²) < 4.78 is 16.1. The van der Waals surface area contributed by atoms with Crippen LogP contribution < -0.4 is 19.5 Å². The van der Waals surface area contributed by atoms with Crippen molar-refractivity contribution >= 4 is 35.0 Å². The monoisotopic (exact) mass is 620 g/mol. The van der Waals surface area contributed by atoms with Gasteiger partial charge in [-0.15, -0.1) is 0 Å². The molecule has 1 N–H and O–H groups in total. The highest BCUT2D eigenvalue weighted by atomic mass is 35.5. The highest BCUT2D eigenvalue weighted by molar-refractivity contribution is 6.35. The van der Waals surface area contributed by atoms with Gasteiger partial charge in [0.2, 0.25) is 11.8 Å². The van der Waals surface area contributed by atoms with Crippen LogP contribution in [0.2, 0.25) is 10.0 Å². The molecule has 0 radical (unpaired) electrons. The van der Waals surface area contributed by atoms with Gasteiger partial charge < -0.3 is 24.4 Å². The minimum atomic E-state index is -0.816. The molecule has 0 aliphatic carbocycles. The zero-order valence-electron chi connectivity index (χ0n) is 24.3. The summed E-state index contributed by atoms with van der Waals surface area (Å²) in [6.45, 7) is 0.392. The quantitative estimate of drug-likeness (QED) is 0.184. The number of nitrogens with zero attached hydrogens (tertiary/aromatic N) is 1. The molecule has 2 amide bonds. The molecule has 0 bridgehead atoms. The summed E-state index contributed by atoms with van der Waals surface area (Å²) >= 11 is 12.4. The van der Waals surface area contributed by atoms with E-state index in [0.717, 1.165) is 22.3 Å². The molecule has 4 aromatic carbocycles. The molecule has 0 fully saturated rings. The lowest BCUT2D eigenvalue weighted by atomic mass is 10.0. The van der Waals surface area contributed by atoms with Crippen molar-refractivity contribution in [2.45, 2.75) is 32.0 Å². The van der Waals surface area contributed by atoms with Crippen LogP contribution in [0.5, 0.6) is 17.2 Å². The maximum Gasteiger partial charge on any atom is 0.243 e. The largest absolute Gasteiger partial charge is 0.497 e. The molecule has 1 atom stereocenters. The maximum atomic E-state index is 14.1. The van der Waals surface area contributed by atoms with Crippen LogP contribution in [0.25, 0.3) is 0 Å². The summed E-state index contributed by atoms with van der Waals surface area (Å²) in [5.74, 6) is 1.27. The molecule has 0 aliphatic heterocycles. The summed E-state index contributed by atoms with van der Waals surface area (Å²) in [4.78, 5) is 29.7. The van der Waals surface area contributed by atoms with Crippen LogP contribution in [0.4, 0.5) is 0 Å². The van der Waals surface area contributed by atoms with Gasteiger partial charge in [-0.1, -0.05) is 77.8 Å². The number of ether oxygens (including phenoxy) is 3. The molecular weight excluding hydrogens is 587 g/mol. The van der Waals surface area contributed by atoms with Crippen LogP contribution in [-0.2, 0) is 35.5 Å². The van der Waals surface area contributed by atoms with Gasteiger partial charge in [-0.25, -0.2) is 0 Å². The maximum absolute atomic E-state index is 14.1. The Labute approximate surface area is 262 Å². The topological polar surface area (TPSA) is 77.1 Å². The number of benzene rings is 4. The smallest absolute Gasteiger partial charge is 0.243 e. The Morgan fingerprint density at radius 1 is 0.767 bits per heavy atom. The van der Waals surface area contributed by atoms with E-state index in [1.54, 1.807) is 56.6 Å². The van der Waals surface area contributed by atoms with Crippen LogP contribution >= 0.6 is 23.2 Å². The van der Waals surface area contributed by atoms with Crippen LogP contribution in [0.3, 0.4) is 0 Å². The van der Waals surface area contributed by atoms with Crippen molar-refractivity contribution in [1.29, 1.82) is 0 Å². The van der Waals surface area contributed by atoms with Crippen LogP contribution in [0, 0.1) is 0 Å². The fourth-order valence-electron chi connectivity index (χ4n) is 4.71. The van der Waals surface area contributed by atoms with Crippen molar-refractivity contribution in [1.82, 2.24) is 10.2 Å². The van der Waals surface area contributed by atoms with Gasteiger partial charge in [0.25, 0.3) is 0 Å². The predicted molar refractivity (Wildman–Crippen MR) is 169 cm³/mol. The number of carbonyl (C=O) groups is 2. The van der Waals surface area contributed by atoms with Gasteiger partial charge in [-0.2, -0.15) is 0 Å². The summed E-state index contributed by atoms with van der Waals surface area (Å²) in [6, 6.07) is 26.7.